The lowest BCUT2D eigenvalue weighted by atomic mass is 9.98. The van der Waals surface area contributed by atoms with Crippen molar-refractivity contribution in [3.8, 4) is 0 Å². The Morgan fingerprint density at radius 3 is 2.96 bits per heavy atom. The predicted octanol–water partition coefficient (Wildman–Crippen LogP) is 3.22. The van der Waals surface area contributed by atoms with Gasteiger partial charge in [0.05, 0.1) is 11.3 Å². The third-order valence-corrected chi connectivity index (χ3v) is 7.11. The zero-order chi connectivity index (χ0) is 19.5. The summed E-state index contributed by atoms with van der Waals surface area (Å²) in [5, 5.41) is 2.08. The average molecular weight is 399 g/mol. The van der Waals surface area contributed by atoms with Crippen molar-refractivity contribution < 1.29 is 4.79 Å². The van der Waals surface area contributed by atoms with Crippen molar-refractivity contribution in [2.75, 3.05) is 19.6 Å². The largest absolute Gasteiger partial charge is 0.334 e. The molecule has 1 amide bonds. The normalized spacial score (nSPS) is 20.2. The van der Waals surface area contributed by atoms with Crippen LogP contribution in [-0.2, 0) is 25.9 Å². The quantitative estimate of drug-likeness (QED) is 0.840. The van der Waals surface area contributed by atoms with Gasteiger partial charge in [0.15, 0.2) is 0 Å². The summed E-state index contributed by atoms with van der Waals surface area (Å²) in [5.41, 5.74) is 10.5. The highest BCUT2D eigenvalue weighted by Crippen LogP contribution is 2.31. The summed E-state index contributed by atoms with van der Waals surface area (Å²) < 4.78 is 0. The van der Waals surface area contributed by atoms with Gasteiger partial charge in [0.2, 0.25) is 0 Å². The molecule has 0 aromatic carbocycles. The molecule has 150 valence electrons. The van der Waals surface area contributed by atoms with E-state index in [1.165, 1.54) is 22.4 Å². The number of pyridine rings is 1. The number of fused-ring (bicyclic) bond motifs is 1. The van der Waals surface area contributed by atoms with E-state index in [-0.39, 0.29) is 11.9 Å². The Balaban J connectivity index is 1.44. The van der Waals surface area contributed by atoms with E-state index >= 15 is 0 Å². The molecular formula is C22H30N4OS. The van der Waals surface area contributed by atoms with Crippen LogP contribution < -0.4 is 5.73 Å². The van der Waals surface area contributed by atoms with Crippen LogP contribution in [0.3, 0.4) is 0 Å². The Kier molecular flexibility index (Phi) is 6.09. The molecule has 6 heteroatoms. The zero-order valence-electron chi connectivity index (χ0n) is 16.7. The van der Waals surface area contributed by atoms with Gasteiger partial charge in [0.1, 0.15) is 0 Å². The Labute approximate surface area is 171 Å². The van der Waals surface area contributed by atoms with E-state index in [0.29, 0.717) is 6.54 Å². The van der Waals surface area contributed by atoms with E-state index in [4.69, 9.17) is 5.73 Å². The third kappa shape index (κ3) is 4.00. The average Bonchev–Trinajstić information content (AvgIpc) is 3.17. The van der Waals surface area contributed by atoms with Gasteiger partial charge in [-0.25, -0.2) is 0 Å². The second-order valence-electron chi connectivity index (χ2n) is 7.91. The molecule has 0 radical (unpaired) electrons. The summed E-state index contributed by atoms with van der Waals surface area (Å²) >= 11 is 1.73. The maximum atomic E-state index is 13.2. The molecule has 1 atom stereocenters. The van der Waals surface area contributed by atoms with Gasteiger partial charge in [-0.05, 0) is 49.3 Å². The van der Waals surface area contributed by atoms with Crippen LogP contribution in [-0.4, -0.2) is 46.4 Å². The Morgan fingerprint density at radius 2 is 2.21 bits per heavy atom. The fraction of sp³-hybridized carbons (Fsp3) is 0.545. The van der Waals surface area contributed by atoms with Gasteiger partial charge in [0, 0.05) is 55.2 Å². The number of likely N-dealkylation sites (tertiary alicyclic amines) is 1. The van der Waals surface area contributed by atoms with Gasteiger partial charge in [-0.1, -0.05) is 13.0 Å². The third-order valence-electron chi connectivity index (χ3n) is 6.10. The molecule has 0 bridgehead atoms. The SMILES string of the molecule is CCc1ccc(CN2CCc3c(C(=O)N4CCCC[C@H]4CN)csc3C2)nc1. The van der Waals surface area contributed by atoms with Crippen molar-refractivity contribution in [3.05, 3.63) is 51.0 Å². The van der Waals surface area contributed by atoms with E-state index in [2.05, 4.69) is 34.3 Å². The molecule has 2 aromatic rings. The first-order chi connectivity index (χ1) is 13.7. The number of rotatable bonds is 5. The number of aromatic nitrogens is 1. The van der Waals surface area contributed by atoms with Gasteiger partial charge < -0.3 is 10.6 Å². The van der Waals surface area contributed by atoms with E-state index in [0.717, 1.165) is 63.1 Å². The van der Waals surface area contributed by atoms with Crippen molar-refractivity contribution in [1.82, 2.24) is 14.8 Å². The second kappa shape index (κ2) is 8.72. The number of hydrogen-bond acceptors (Lipinski definition) is 5. The molecule has 0 saturated carbocycles. The minimum absolute atomic E-state index is 0.193. The highest BCUT2D eigenvalue weighted by Gasteiger charge is 2.30. The van der Waals surface area contributed by atoms with E-state index in [1.807, 2.05) is 11.1 Å². The first kappa shape index (κ1) is 19.6. The van der Waals surface area contributed by atoms with Crippen LogP contribution in [0.5, 0.6) is 0 Å². The maximum Gasteiger partial charge on any atom is 0.255 e. The van der Waals surface area contributed by atoms with Crippen molar-refractivity contribution in [1.29, 1.82) is 0 Å². The molecule has 1 fully saturated rings. The van der Waals surface area contributed by atoms with Crippen LogP contribution in [0.15, 0.2) is 23.7 Å². The molecule has 0 spiro atoms. The topological polar surface area (TPSA) is 62.5 Å². The summed E-state index contributed by atoms with van der Waals surface area (Å²) in [5.74, 6) is 0.193. The molecule has 1 saturated heterocycles. The first-order valence-corrected chi connectivity index (χ1v) is 11.3. The van der Waals surface area contributed by atoms with Crippen LogP contribution in [0.4, 0.5) is 0 Å². The van der Waals surface area contributed by atoms with Gasteiger partial charge in [-0.2, -0.15) is 0 Å². The van der Waals surface area contributed by atoms with Crippen LogP contribution in [0.2, 0.25) is 0 Å². The Morgan fingerprint density at radius 1 is 1.32 bits per heavy atom. The summed E-state index contributed by atoms with van der Waals surface area (Å²) in [6.45, 7) is 6.31. The van der Waals surface area contributed by atoms with Gasteiger partial charge >= 0.3 is 0 Å². The first-order valence-electron chi connectivity index (χ1n) is 10.5. The zero-order valence-corrected chi connectivity index (χ0v) is 17.5. The molecule has 2 aromatic heterocycles. The number of nitrogens with two attached hydrogens (primary N) is 1. The highest BCUT2D eigenvalue weighted by atomic mass is 32.1. The molecule has 2 aliphatic rings. The number of amides is 1. The summed E-state index contributed by atoms with van der Waals surface area (Å²) in [6, 6.07) is 4.52. The number of carbonyl (C=O) groups is 1. The smallest absolute Gasteiger partial charge is 0.255 e. The Hall–Kier alpha value is -1.76. The monoisotopic (exact) mass is 398 g/mol. The molecule has 0 aliphatic carbocycles. The minimum Gasteiger partial charge on any atom is -0.334 e. The van der Waals surface area contributed by atoms with Crippen molar-refractivity contribution in [2.24, 2.45) is 5.73 Å². The molecule has 2 aliphatic heterocycles. The number of aryl methyl sites for hydroxylation is 1. The van der Waals surface area contributed by atoms with Gasteiger partial charge in [0.25, 0.3) is 5.91 Å². The van der Waals surface area contributed by atoms with Gasteiger partial charge in [-0.15, -0.1) is 11.3 Å². The van der Waals surface area contributed by atoms with E-state index in [9.17, 15) is 4.79 Å². The lowest BCUT2D eigenvalue weighted by Crippen LogP contribution is -2.47. The maximum absolute atomic E-state index is 13.2. The summed E-state index contributed by atoms with van der Waals surface area (Å²) in [4.78, 5) is 23.6. The standard InChI is InChI=1S/C22H30N4OS/c1-2-16-6-7-17(24-12-16)13-25-10-8-19-20(15-28-21(19)14-25)22(27)26-9-4-3-5-18(26)11-23/h6-7,12,15,18H,2-5,8-11,13-14,23H2,1H3/t18-/m0/s1. The molecule has 4 heterocycles. The number of piperidine rings is 1. The van der Waals surface area contributed by atoms with Crippen LogP contribution in [0.25, 0.3) is 0 Å². The number of carbonyl (C=O) groups excluding carboxylic acids is 1. The summed E-state index contributed by atoms with van der Waals surface area (Å²) in [6.07, 6.45) is 7.25. The van der Waals surface area contributed by atoms with Gasteiger partial charge in [-0.3, -0.25) is 14.7 Å². The lowest BCUT2D eigenvalue weighted by molar-refractivity contribution is 0.0622. The molecule has 2 N–H and O–H groups in total. The Bertz CT molecular complexity index is 816. The second-order valence-corrected chi connectivity index (χ2v) is 8.87. The molecule has 0 unspecified atom stereocenters. The molecule has 28 heavy (non-hydrogen) atoms. The van der Waals surface area contributed by atoms with Crippen LogP contribution >= 0.6 is 11.3 Å². The minimum atomic E-state index is 0.193. The summed E-state index contributed by atoms with van der Waals surface area (Å²) in [7, 11) is 0. The van der Waals surface area contributed by atoms with Crippen molar-refractivity contribution in [3.63, 3.8) is 0 Å². The lowest BCUT2D eigenvalue weighted by Gasteiger charge is -2.35. The number of nitrogens with zero attached hydrogens (tertiary/aromatic N) is 3. The number of hydrogen-bond donors (Lipinski definition) is 1. The van der Waals surface area contributed by atoms with Crippen molar-refractivity contribution in [2.45, 2.75) is 58.2 Å². The van der Waals surface area contributed by atoms with Crippen LogP contribution in [0, 0.1) is 0 Å². The molecular weight excluding hydrogens is 368 g/mol. The van der Waals surface area contributed by atoms with E-state index < -0.39 is 0 Å². The fourth-order valence-electron chi connectivity index (χ4n) is 4.35. The number of thiophene rings is 1. The van der Waals surface area contributed by atoms with Crippen molar-refractivity contribution >= 4 is 17.2 Å². The molecule has 5 nitrogen and oxygen atoms in total. The highest BCUT2D eigenvalue weighted by molar-refractivity contribution is 7.10. The fourth-order valence-corrected chi connectivity index (χ4v) is 5.46. The van der Waals surface area contributed by atoms with Crippen LogP contribution in [0.1, 0.15) is 58.2 Å². The van der Waals surface area contributed by atoms with E-state index in [1.54, 1.807) is 11.3 Å². The molecule has 4 rings (SSSR count). The predicted molar refractivity (Wildman–Crippen MR) is 113 cm³/mol.